The van der Waals surface area contributed by atoms with E-state index in [2.05, 4.69) is 10.6 Å². The number of ether oxygens (including phenoxy) is 1. The van der Waals surface area contributed by atoms with Gasteiger partial charge in [0.05, 0.1) is 42.2 Å². The highest BCUT2D eigenvalue weighted by Gasteiger charge is 2.62. The lowest BCUT2D eigenvalue weighted by Crippen LogP contribution is -2.43. The molecule has 6 unspecified atom stereocenters. The molecule has 2 aliphatic carbocycles. The Morgan fingerprint density at radius 2 is 1.09 bits per heavy atom. The van der Waals surface area contributed by atoms with E-state index in [9.17, 15) is 24.3 Å². The molecule has 6 atom stereocenters. The number of nitrogens with one attached hydrogen (secondary N) is 2. The summed E-state index contributed by atoms with van der Waals surface area (Å²) in [5, 5.41) is 18.1. The van der Waals surface area contributed by atoms with Crippen molar-refractivity contribution in [1.82, 2.24) is 0 Å². The van der Waals surface area contributed by atoms with Gasteiger partial charge in [-0.3, -0.25) is 29.0 Å². The molecule has 2 saturated heterocycles. The molecule has 3 fully saturated rings. The van der Waals surface area contributed by atoms with Crippen LogP contribution in [0, 0.1) is 29.6 Å². The molecule has 5 aromatic rings. The number of para-hydroxylation sites is 2. The first kappa shape index (κ1) is 34.1. The van der Waals surface area contributed by atoms with Crippen LogP contribution in [0.2, 0.25) is 0 Å². The number of aromatic hydroxyl groups is 1. The summed E-state index contributed by atoms with van der Waals surface area (Å²) in [4.78, 5) is 60.1. The van der Waals surface area contributed by atoms with Gasteiger partial charge in [0, 0.05) is 40.3 Å². The Bertz CT molecular complexity index is 2350. The molecule has 10 heteroatoms. The minimum Gasteiger partial charge on any atom is -0.508 e. The zero-order chi connectivity index (χ0) is 37.8. The van der Waals surface area contributed by atoms with Crippen molar-refractivity contribution in [2.75, 3.05) is 27.5 Å². The van der Waals surface area contributed by atoms with Crippen LogP contribution in [0.4, 0.5) is 34.1 Å². The molecule has 1 saturated carbocycles. The Labute approximate surface area is 318 Å². The van der Waals surface area contributed by atoms with Crippen LogP contribution in [0.25, 0.3) is 0 Å². The molecule has 2 heterocycles. The SMILES string of the molecule is COc1ccc(C2C3=CCC4C(=O)N(c5ccc(Nc6ccccc6)cc5)C(=O)C4C3CC3C(=O)N(c4ccc(Nc5ccccc5)cc4)C(=O)C32)c(O)c1. The number of hydrogen-bond acceptors (Lipinski definition) is 8. The first-order valence-electron chi connectivity index (χ1n) is 18.5. The fraction of sp³-hybridized carbons (Fsp3) is 0.200. The van der Waals surface area contributed by atoms with Crippen LogP contribution >= 0.6 is 0 Å². The van der Waals surface area contributed by atoms with E-state index in [1.807, 2.05) is 91.0 Å². The van der Waals surface area contributed by atoms with Crippen LogP contribution in [0.1, 0.15) is 24.3 Å². The standard InChI is InChI=1S/C45H38N4O6/c1-55-32-20-21-34(38(50)24-32)39-33-22-23-35-40(44(53)48(42(35)51)30-16-12-28(13-17-30)46-26-8-4-2-5-9-26)36(33)25-37-41(39)45(54)49(43(37)52)31-18-14-29(15-19-31)47-27-10-6-3-7-11-27/h2-22,24,35-37,39-41,46-47,50H,23,25H2,1H3. The van der Waals surface area contributed by atoms with Gasteiger partial charge in [0.25, 0.3) is 0 Å². The summed E-state index contributed by atoms with van der Waals surface area (Å²) >= 11 is 0. The average molecular weight is 731 g/mol. The molecule has 9 rings (SSSR count). The second kappa shape index (κ2) is 13.6. The molecule has 55 heavy (non-hydrogen) atoms. The molecule has 0 radical (unpaired) electrons. The van der Waals surface area contributed by atoms with Gasteiger partial charge >= 0.3 is 0 Å². The maximum Gasteiger partial charge on any atom is 0.238 e. The summed E-state index contributed by atoms with van der Waals surface area (Å²) in [6.07, 6.45) is 2.51. The summed E-state index contributed by atoms with van der Waals surface area (Å²) in [5.41, 5.74) is 5.63. The number of anilines is 6. The summed E-state index contributed by atoms with van der Waals surface area (Å²) < 4.78 is 5.36. The largest absolute Gasteiger partial charge is 0.508 e. The first-order chi connectivity index (χ1) is 26.8. The molecule has 0 aromatic heterocycles. The van der Waals surface area contributed by atoms with Crippen LogP contribution in [0.3, 0.4) is 0 Å². The Balaban J connectivity index is 1.05. The fourth-order valence-electron chi connectivity index (χ4n) is 9.12. The molecule has 5 aromatic carbocycles. The molecule has 10 nitrogen and oxygen atoms in total. The Morgan fingerprint density at radius 1 is 0.582 bits per heavy atom. The summed E-state index contributed by atoms with van der Waals surface area (Å²) in [7, 11) is 1.50. The third kappa shape index (κ3) is 5.81. The van der Waals surface area contributed by atoms with Crippen LogP contribution in [0.5, 0.6) is 11.5 Å². The van der Waals surface area contributed by atoms with E-state index in [1.54, 1.807) is 36.4 Å². The highest BCUT2D eigenvalue weighted by Crippen LogP contribution is 2.59. The van der Waals surface area contributed by atoms with Gasteiger partial charge in [-0.1, -0.05) is 54.1 Å². The van der Waals surface area contributed by atoms with E-state index >= 15 is 0 Å². The number of hydrogen-bond donors (Lipinski definition) is 3. The second-order valence-corrected chi connectivity index (χ2v) is 14.5. The molecule has 4 aliphatic rings. The van der Waals surface area contributed by atoms with Gasteiger partial charge in [0.2, 0.25) is 23.6 Å². The van der Waals surface area contributed by atoms with Crippen molar-refractivity contribution in [2.45, 2.75) is 18.8 Å². The number of benzene rings is 5. The predicted octanol–water partition coefficient (Wildman–Crippen LogP) is 7.93. The Hall–Kier alpha value is -6.68. The monoisotopic (exact) mass is 730 g/mol. The predicted molar refractivity (Wildman–Crippen MR) is 209 cm³/mol. The summed E-state index contributed by atoms with van der Waals surface area (Å²) in [5.74, 6) is -5.06. The van der Waals surface area contributed by atoms with E-state index in [4.69, 9.17) is 4.74 Å². The molecule has 0 spiro atoms. The number of phenols is 1. The lowest BCUT2D eigenvalue weighted by atomic mass is 9.57. The lowest BCUT2D eigenvalue weighted by molar-refractivity contribution is -0.126. The van der Waals surface area contributed by atoms with Crippen molar-refractivity contribution in [3.05, 3.63) is 145 Å². The van der Waals surface area contributed by atoms with Gasteiger partial charge < -0.3 is 20.5 Å². The molecular formula is C45H38N4O6. The number of nitrogens with zero attached hydrogens (tertiary/aromatic N) is 2. The number of carbonyl (C=O) groups is 4. The van der Waals surface area contributed by atoms with Crippen LogP contribution in [0.15, 0.2) is 139 Å². The molecular weight excluding hydrogens is 693 g/mol. The third-order valence-electron chi connectivity index (χ3n) is 11.6. The van der Waals surface area contributed by atoms with E-state index in [0.29, 0.717) is 29.1 Å². The number of rotatable bonds is 8. The van der Waals surface area contributed by atoms with E-state index < -0.39 is 35.5 Å². The fourth-order valence-corrected chi connectivity index (χ4v) is 9.12. The Kier molecular flexibility index (Phi) is 8.45. The highest BCUT2D eigenvalue weighted by atomic mass is 16.5. The number of carbonyl (C=O) groups excluding carboxylic acids is 4. The van der Waals surface area contributed by atoms with Gasteiger partial charge in [-0.25, -0.2) is 0 Å². The van der Waals surface area contributed by atoms with Crippen molar-refractivity contribution < 1.29 is 29.0 Å². The topological polar surface area (TPSA) is 128 Å². The molecule has 2 aliphatic heterocycles. The van der Waals surface area contributed by atoms with Crippen molar-refractivity contribution in [3.8, 4) is 11.5 Å². The maximum atomic E-state index is 14.6. The lowest BCUT2D eigenvalue weighted by Gasteiger charge is -2.44. The first-order valence-corrected chi connectivity index (χ1v) is 18.5. The minimum absolute atomic E-state index is 0.0681. The number of fused-ring (bicyclic) bond motifs is 4. The van der Waals surface area contributed by atoms with E-state index in [0.717, 1.165) is 28.3 Å². The maximum absolute atomic E-state index is 14.6. The average Bonchev–Trinajstić information content (AvgIpc) is 3.62. The van der Waals surface area contributed by atoms with Crippen molar-refractivity contribution in [3.63, 3.8) is 0 Å². The van der Waals surface area contributed by atoms with Gasteiger partial charge in [-0.05, 0) is 97.6 Å². The minimum atomic E-state index is -0.819. The number of methoxy groups -OCH3 is 1. The van der Waals surface area contributed by atoms with E-state index in [-0.39, 0.29) is 35.8 Å². The van der Waals surface area contributed by atoms with Crippen molar-refractivity contribution in [2.24, 2.45) is 29.6 Å². The van der Waals surface area contributed by atoms with Gasteiger partial charge in [-0.2, -0.15) is 0 Å². The normalized spacial score (nSPS) is 24.2. The van der Waals surface area contributed by atoms with Crippen LogP contribution in [-0.4, -0.2) is 35.8 Å². The smallest absolute Gasteiger partial charge is 0.238 e. The number of imide groups is 2. The quantitative estimate of drug-likeness (QED) is 0.109. The number of allylic oxidation sites excluding steroid dienone is 2. The summed E-state index contributed by atoms with van der Waals surface area (Å²) in [6, 6.07) is 38.7. The highest BCUT2D eigenvalue weighted by molar-refractivity contribution is 6.24. The summed E-state index contributed by atoms with van der Waals surface area (Å²) in [6.45, 7) is 0. The molecule has 274 valence electrons. The molecule has 0 bridgehead atoms. The Morgan fingerprint density at radius 3 is 1.62 bits per heavy atom. The zero-order valence-electron chi connectivity index (χ0n) is 30.0. The van der Waals surface area contributed by atoms with Gasteiger partial charge in [0.1, 0.15) is 11.5 Å². The van der Waals surface area contributed by atoms with Crippen molar-refractivity contribution in [1.29, 1.82) is 0 Å². The second-order valence-electron chi connectivity index (χ2n) is 14.5. The van der Waals surface area contributed by atoms with Crippen molar-refractivity contribution >= 4 is 57.8 Å². The number of amides is 4. The van der Waals surface area contributed by atoms with Gasteiger partial charge in [-0.15, -0.1) is 0 Å². The third-order valence-corrected chi connectivity index (χ3v) is 11.6. The number of phenolic OH excluding ortho intramolecular Hbond substituents is 1. The molecule has 4 amide bonds. The van der Waals surface area contributed by atoms with Gasteiger partial charge in [0.15, 0.2) is 0 Å². The van der Waals surface area contributed by atoms with Crippen LogP contribution < -0.4 is 25.2 Å². The molecule has 3 N–H and O–H groups in total. The van der Waals surface area contributed by atoms with E-state index in [1.165, 1.54) is 23.0 Å². The van der Waals surface area contributed by atoms with Crippen LogP contribution in [-0.2, 0) is 19.2 Å². The zero-order valence-corrected chi connectivity index (χ0v) is 30.0.